The predicted molar refractivity (Wildman–Crippen MR) is 106 cm³/mol. The van der Waals surface area contributed by atoms with Crippen molar-refractivity contribution >= 4 is 11.8 Å². The van der Waals surface area contributed by atoms with E-state index < -0.39 is 0 Å². The van der Waals surface area contributed by atoms with Crippen LogP contribution in [0.1, 0.15) is 34.5 Å². The number of rotatable bonds is 4. The van der Waals surface area contributed by atoms with E-state index in [4.69, 9.17) is 4.42 Å². The van der Waals surface area contributed by atoms with Gasteiger partial charge in [-0.3, -0.25) is 14.5 Å². The third kappa shape index (κ3) is 3.97. The van der Waals surface area contributed by atoms with E-state index in [9.17, 15) is 9.59 Å². The first-order valence-electron chi connectivity index (χ1n) is 9.99. The second-order valence-electron chi connectivity index (χ2n) is 7.86. The Bertz CT molecular complexity index is 825. The zero-order valence-electron chi connectivity index (χ0n) is 16.3. The van der Waals surface area contributed by atoms with Crippen molar-refractivity contribution in [1.82, 2.24) is 15.1 Å². The number of furan rings is 1. The lowest BCUT2D eigenvalue weighted by Gasteiger charge is -2.39. The van der Waals surface area contributed by atoms with Crippen LogP contribution in [0.3, 0.4) is 0 Å². The van der Waals surface area contributed by atoms with Crippen molar-refractivity contribution in [1.29, 1.82) is 0 Å². The molecular formula is C22H27N3O3. The van der Waals surface area contributed by atoms with Gasteiger partial charge < -0.3 is 14.6 Å². The summed E-state index contributed by atoms with van der Waals surface area (Å²) in [5.41, 5.74) is 2.61. The average molecular weight is 381 g/mol. The number of likely N-dealkylation sites (tertiary alicyclic amines) is 1. The van der Waals surface area contributed by atoms with E-state index in [0.717, 1.165) is 38.9 Å². The molecule has 1 N–H and O–H groups in total. The standard InChI is InChI=1S/C22H27N3O3/c1-24-15-18-6-3-2-5-17(18)13-19(24)22(27)25-10-8-16(9-11-25)14-23-21(26)20-7-4-12-28-20/h2-7,12,16,19H,8-11,13-15H2,1H3,(H,23,26). The summed E-state index contributed by atoms with van der Waals surface area (Å²) < 4.78 is 5.12. The normalized spacial score (nSPS) is 20.6. The molecule has 6 heteroatoms. The van der Waals surface area contributed by atoms with Crippen LogP contribution in [-0.4, -0.2) is 54.3 Å². The van der Waals surface area contributed by atoms with Gasteiger partial charge in [-0.15, -0.1) is 0 Å². The van der Waals surface area contributed by atoms with Crippen molar-refractivity contribution in [3.63, 3.8) is 0 Å². The minimum Gasteiger partial charge on any atom is -0.459 e. The summed E-state index contributed by atoms with van der Waals surface area (Å²) in [5, 5.41) is 2.94. The summed E-state index contributed by atoms with van der Waals surface area (Å²) >= 11 is 0. The van der Waals surface area contributed by atoms with E-state index >= 15 is 0 Å². The third-order valence-corrected chi connectivity index (χ3v) is 5.99. The number of hydrogen-bond donors (Lipinski definition) is 1. The van der Waals surface area contributed by atoms with Crippen LogP contribution in [0.25, 0.3) is 0 Å². The lowest BCUT2D eigenvalue weighted by atomic mass is 9.92. The first-order valence-corrected chi connectivity index (χ1v) is 9.99. The van der Waals surface area contributed by atoms with E-state index in [2.05, 4.69) is 28.4 Å². The van der Waals surface area contributed by atoms with Gasteiger partial charge in [-0.2, -0.15) is 0 Å². The Labute approximate surface area is 165 Å². The molecule has 1 saturated heterocycles. The fourth-order valence-electron chi connectivity index (χ4n) is 4.23. The van der Waals surface area contributed by atoms with E-state index in [1.165, 1.54) is 17.4 Å². The molecule has 0 spiro atoms. The number of fused-ring (bicyclic) bond motifs is 1. The van der Waals surface area contributed by atoms with E-state index in [1.807, 2.05) is 18.0 Å². The molecule has 1 fully saturated rings. The molecule has 0 bridgehead atoms. The highest BCUT2D eigenvalue weighted by atomic mass is 16.3. The highest BCUT2D eigenvalue weighted by Gasteiger charge is 2.33. The molecule has 2 aromatic rings. The summed E-state index contributed by atoms with van der Waals surface area (Å²) in [5.74, 6) is 0.794. The Balaban J connectivity index is 1.28. The molecule has 2 aliphatic heterocycles. The number of likely N-dealkylation sites (N-methyl/N-ethyl adjacent to an activating group) is 1. The van der Waals surface area contributed by atoms with Gasteiger partial charge in [0.25, 0.3) is 5.91 Å². The fraction of sp³-hybridized carbons (Fsp3) is 0.455. The van der Waals surface area contributed by atoms with E-state index in [1.54, 1.807) is 12.1 Å². The summed E-state index contributed by atoms with van der Waals surface area (Å²) in [4.78, 5) is 29.3. The first kappa shape index (κ1) is 18.7. The topological polar surface area (TPSA) is 65.8 Å². The van der Waals surface area contributed by atoms with Crippen LogP contribution >= 0.6 is 0 Å². The minimum atomic E-state index is -0.175. The van der Waals surface area contributed by atoms with Crippen molar-refractivity contribution in [3.05, 3.63) is 59.5 Å². The smallest absolute Gasteiger partial charge is 0.286 e. The molecule has 2 aliphatic rings. The van der Waals surface area contributed by atoms with Crippen molar-refractivity contribution in [2.45, 2.75) is 31.8 Å². The van der Waals surface area contributed by atoms with Crippen LogP contribution in [0.15, 0.2) is 47.1 Å². The Morgan fingerprint density at radius 2 is 1.86 bits per heavy atom. The number of carbonyl (C=O) groups excluding carboxylic acids is 2. The molecule has 1 atom stereocenters. The van der Waals surface area contributed by atoms with Crippen molar-refractivity contribution in [3.8, 4) is 0 Å². The largest absolute Gasteiger partial charge is 0.459 e. The van der Waals surface area contributed by atoms with E-state index in [0.29, 0.717) is 18.2 Å². The number of nitrogens with one attached hydrogen (secondary N) is 1. The number of amides is 2. The van der Waals surface area contributed by atoms with Gasteiger partial charge in [-0.05, 0) is 55.5 Å². The zero-order chi connectivity index (χ0) is 19.5. The lowest BCUT2D eigenvalue weighted by molar-refractivity contribution is -0.138. The van der Waals surface area contributed by atoms with Gasteiger partial charge in [0.15, 0.2) is 5.76 Å². The van der Waals surface area contributed by atoms with Gasteiger partial charge in [-0.25, -0.2) is 0 Å². The summed E-state index contributed by atoms with van der Waals surface area (Å²) in [6.45, 7) is 2.96. The highest BCUT2D eigenvalue weighted by molar-refractivity contribution is 5.91. The van der Waals surface area contributed by atoms with E-state index in [-0.39, 0.29) is 17.9 Å². The molecular weight excluding hydrogens is 354 g/mol. The van der Waals surface area contributed by atoms with Gasteiger partial charge in [-0.1, -0.05) is 24.3 Å². The number of piperidine rings is 1. The molecule has 0 radical (unpaired) electrons. The molecule has 6 nitrogen and oxygen atoms in total. The summed E-state index contributed by atoms with van der Waals surface area (Å²) in [6.07, 6.45) is 4.11. The molecule has 1 aromatic heterocycles. The quantitative estimate of drug-likeness (QED) is 0.883. The molecule has 0 aliphatic carbocycles. The van der Waals surface area contributed by atoms with Crippen molar-refractivity contribution in [2.24, 2.45) is 5.92 Å². The second-order valence-corrected chi connectivity index (χ2v) is 7.86. The number of benzene rings is 1. The highest BCUT2D eigenvalue weighted by Crippen LogP contribution is 2.25. The number of hydrogen-bond acceptors (Lipinski definition) is 4. The Morgan fingerprint density at radius 1 is 1.11 bits per heavy atom. The van der Waals surface area contributed by atoms with Gasteiger partial charge in [0.05, 0.1) is 12.3 Å². The van der Waals surface area contributed by atoms with Crippen LogP contribution in [0, 0.1) is 5.92 Å². The fourth-order valence-corrected chi connectivity index (χ4v) is 4.23. The maximum absolute atomic E-state index is 13.1. The zero-order valence-corrected chi connectivity index (χ0v) is 16.3. The molecule has 4 rings (SSSR count). The lowest BCUT2D eigenvalue weighted by Crippen LogP contribution is -2.52. The Kier molecular flexibility index (Phi) is 5.48. The van der Waals surface area contributed by atoms with Crippen LogP contribution in [0.2, 0.25) is 0 Å². The monoisotopic (exact) mass is 381 g/mol. The summed E-state index contributed by atoms with van der Waals surface area (Å²) in [6, 6.07) is 11.7. The first-order chi connectivity index (χ1) is 13.6. The molecule has 2 amide bonds. The summed E-state index contributed by atoms with van der Waals surface area (Å²) in [7, 11) is 2.04. The van der Waals surface area contributed by atoms with Crippen molar-refractivity contribution < 1.29 is 14.0 Å². The maximum atomic E-state index is 13.1. The van der Waals surface area contributed by atoms with Crippen molar-refractivity contribution in [2.75, 3.05) is 26.7 Å². The molecule has 148 valence electrons. The molecule has 0 saturated carbocycles. The van der Waals surface area contributed by atoms with Crippen LogP contribution in [0.4, 0.5) is 0 Å². The molecule has 1 aromatic carbocycles. The SMILES string of the molecule is CN1Cc2ccccc2CC1C(=O)N1CCC(CNC(=O)c2ccco2)CC1. The third-order valence-electron chi connectivity index (χ3n) is 5.99. The maximum Gasteiger partial charge on any atom is 0.286 e. The number of nitrogens with zero attached hydrogens (tertiary/aromatic N) is 2. The van der Waals surface area contributed by atoms with Gasteiger partial charge in [0.1, 0.15) is 0 Å². The van der Waals surface area contributed by atoms with Crippen LogP contribution in [-0.2, 0) is 17.8 Å². The Morgan fingerprint density at radius 3 is 2.57 bits per heavy atom. The van der Waals surface area contributed by atoms with Gasteiger partial charge >= 0.3 is 0 Å². The van der Waals surface area contributed by atoms with Gasteiger partial charge in [0.2, 0.25) is 5.91 Å². The van der Waals surface area contributed by atoms with Crippen LogP contribution in [0.5, 0.6) is 0 Å². The molecule has 28 heavy (non-hydrogen) atoms. The van der Waals surface area contributed by atoms with Gasteiger partial charge in [0, 0.05) is 26.2 Å². The second kappa shape index (κ2) is 8.19. The molecule has 3 heterocycles. The average Bonchev–Trinajstić information content (AvgIpc) is 3.26. The van der Waals surface area contributed by atoms with Crippen LogP contribution < -0.4 is 5.32 Å². The molecule has 1 unspecified atom stereocenters. The predicted octanol–water partition coefficient (Wildman–Crippen LogP) is 2.30. The number of carbonyl (C=O) groups is 2. The minimum absolute atomic E-state index is 0.0786. The Hall–Kier alpha value is -2.60.